The molecule has 0 aliphatic carbocycles. The normalized spacial score (nSPS) is 22.6. The van der Waals surface area contributed by atoms with Gasteiger partial charge in [-0.05, 0) is 24.6 Å². The summed E-state index contributed by atoms with van der Waals surface area (Å²) < 4.78 is 31.2. The summed E-state index contributed by atoms with van der Waals surface area (Å²) in [7, 11) is 0. The second-order valence-electron chi connectivity index (χ2n) is 10.5. The molecule has 5 heterocycles. The quantitative estimate of drug-likeness (QED) is 0.626. The Kier molecular flexibility index (Phi) is 5.37. The maximum absolute atomic E-state index is 15.7. The number of rotatable bonds is 4. The summed E-state index contributed by atoms with van der Waals surface area (Å²) in [5.74, 6) is -2.78. The Balaban J connectivity index is 1.20. The van der Waals surface area contributed by atoms with Crippen molar-refractivity contribution in [1.29, 1.82) is 0 Å². The lowest BCUT2D eigenvalue weighted by atomic mass is 9.72. The van der Waals surface area contributed by atoms with Crippen LogP contribution in [0.1, 0.15) is 41.3 Å². The standard InChI is InChI=1S/C26H25F2N5O4/c1-14(34)32-12-26(13-32)10-31(11-26)8-15-6-7-29-23(21(15)27)17-3-2-16-18(22(17)28)9-33(25(16)37)19-4-5-20(35)30-24(19)36/h2-3,6-7,19H,4-5,8-13H2,1H3,(H,30,35,36). The van der Waals surface area contributed by atoms with E-state index in [4.69, 9.17) is 0 Å². The molecule has 6 rings (SSSR count). The van der Waals surface area contributed by atoms with Crippen LogP contribution in [0.4, 0.5) is 8.78 Å². The minimum atomic E-state index is -0.864. The minimum absolute atomic E-state index is 0.0489. The molecule has 1 N–H and O–H groups in total. The third-order valence-electron chi connectivity index (χ3n) is 7.88. The lowest BCUT2D eigenvalue weighted by Crippen LogP contribution is -2.72. The molecule has 11 heteroatoms. The van der Waals surface area contributed by atoms with Gasteiger partial charge in [-0.3, -0.25) is 34.4 Å². The van der Waals surface area contributed by atoms with Crippen LogP contribution >= 0.6 is 0 Å². The fourth-order valence-electron chi connectivity index (χ4n) is 6.02. The first kappa shape index (κ1) is 23.7. The van der Waals surface area contributed by atoms with E-state index in [2.05, 4.69) is 15.2 Å². The van der Waals surface area contributed by atoms with Crippen LogP contribution in [0.2, 0.25) is 0 Å². The number of nitrogens with zero attached hydrogens (tertiary/aromatic N) is 4. The number of carbonyl (C=O) groups is 4. The van der Waals surface area contributed by atoms with Gasteiger partial charge in [0.25, 0.3) is 5.91 Å². The summed E-state index contributed by atoms with van der Waals surface area (Å²) in [4.78, 5) is 57.4. The highest BCUT2D eigenvalue weighted by molar-refractivity contribution is 6.05. The lowest BCUT2D eigenvalue weighted by molar-refractivity contribution is -0.157. The molecule has 192 valence electrons. The molecule has 4 aliphatic heterocycles. The molecule has 37 heavy (non-hydrogen) atoms. The molecule has 1 aromatic heterocycles. The van der Waals surface area contributed by atoms with Gasteiger partial charge < -0.3 is 9.80 Å². The molecule has 4 amide bonds. The molecule has 1 aromatic carbocycles. The van der Waals surface area contributed by atoms with E-state index in [0.717, 1.165) is 26.2 Å². The van der Waals surface area contributed by atoms with Crippen LogP contribution in [-0.4, -0.2) is 75.5 Å². The molecule has 0 radical (unpaired) electrons. The lowest BCUT2D eigenvalue weighted by Gasteiger charge is -2.60. The highest BCUT2D eigenvalue weighted by atomic mass is 19.1. The van der Waals surface area contributed by atoms with E-state index in [9.17, 15) is 19.2 Å². The molecule has 3 saturated heterocycles. The van der Waals surface area contributed by atoms with Gasteiger partial charge in [-0.2, -0.15) is 0 Å². The van der Waals surface area contributed by atoms with Crippen LogP contribution in [-0.2, 0) is 27.5 Å². The molecule has 1 spiro atoms. The third-order valence-corrected chi connectivity index (χ3v) is 7.88. The van der Waals surface area contributed by atoms with E-state index >= 15 is 8.78 Å². The maximum Gasteiger partial charge on any atom is 0.255 e. The second-order valence-corrected chi connectivity index (χ2v) is 10.5. The van der Waals surface area contributed by atoms with Gasteiger partial charge in [0.05, 0.1) is 6.54 Å². The Morgan fingerprint density at radius 3 is 2.51 bits per heavy atom. The van der Waals surface area contributed by atoms with Crippen molar-refractivity contribution < 1.29 is 28.0 Å². The summed E-state index contributed by atoms with van der Waals surface area (Å²) in [6.45, 7) is 4.72. The number of hydrogen-bond donors (Lipinski definition) is 1. The molecule has 9 nitrogen and oxygen atoms in total. The number of piperidine rings is 1. The SMILES string of the molecule is CC(=O)N1CC2(CN(Cc3ccnc(-c4ccc5c(c4F)CN(C4CCC(=O)NC4=O)C5=O)c3F)C2)C1. The second kappa shape index (κ2) is 8.41. The molecule has 0 saturated carbocycles. The molecular weight excluding hydrogens is 484 g/mol. The number of aromatic nitrogens is 1. The van der Waals surface area contributed by atoms with Gasteiger partial charge >= 0.3 is 0 Å². The number of hydrogen-bond acceptors (Lipinski definition) is 6. The number of fused-ring (bicyclic) bond motifs is 1. The zero-order chi connectivity index (χ0) is 26.1. The first-order chi connectivity index (χ1) is 17.7. The summed E-state index contributed by atoms with van der Waals surface area (Å²) in [6, 6.07) is 3.49. The van der Waals surface area contributed by atoms with Crippen LogP contribution in [0.25, 0.3) is 11.3 Å². The van der Waals surface area contributed by atoms with Crippen molar-refractivity contribution in [1.82, 2.24) is 25.0 Å². The van der Waals surface area contributed by atoms with E-state index in [1.165, 1.54) is 23.2 Å². The van der Waals surface area contributed by atoms with Crippen LogP contribution in [0.5, 0.6) is 0 Å². The van der Waals surface area contributed by atoms with Crippen molar-refractivity contribution >= 4 is 23.6 Å². The van der Waals surface area contributed by atoms with Gasteiger partial charge in [0, 0.05) is 79.9 Å². The number of likely N-dealkylation sites (tertiary alicyclic amines) is 2. The third kappa shape index (κ3) is 3.79. The van der Waals surface area contributed by atoms with Gasteiger partial charge in [-0.15, -0.1) is 0 Å². The number of pyridine rings is 1. The average Bonchev–Trinajstić information content (AvgIpc) is 3.13. The van der Waals surface area contributed by atoms with E-state index in [1.54, 1.807) is 17.9 Å². The Morgan fingerprint density at radius 2 is 1.81 bits per heavy atom. The fourth-order valence-corrected chi connectivity index (χ4v) is 6.02. The molecule has 1 atom stereocenters. The van der Waals surface area contributed by atoms with E-state index in [-0.39, 0.29) is 53.1 Å². The van der Waals surface area contributed by atoms with Gasteiger partial charge in [-0.25, -0.2) is 8.78 Å². The monoisotopic (exact) mass is 509 g/mol. The van der Waals surface area contributed by atoms with Crippen LogP contribution in [0.15, 0.2) is 24.4 Å². The average molecular weight is 510 g/mol. The number of nitrogens with one attached hydrogen (secondary N) is 1. The number of imide groups is 1. The van der Waals surface area contributed by atoms with E-state index in [1.807, 2.05) is 0 Å². The first-order valence-corrected chi connectivity index (χ1v) is 12.2. The van der Waals surface area contributed by atoms with Crippen molar-refractivity contribution in [2.24, 2.45) is 5.41 Å². The van der Waals surface area contributed by atoms with Crippen molar-refractivity contribution in [2.45, 2.75) is 38.9 Å². The zero-order valence-corrected chi connectivity index (χ0v) is 20.2. The van der Waals surface area contributed by atoms with Gasteiger partial charge in [0.2, 0.25) is 17.7 Å². The first-order valence-electron chi connectivity index (χ1n) is 12.2. The van der Waals surface area contributed by atoms with Gasteiger partial charge in [0.15, 0.2) is 5.82 Å². The van der Waals surface area contributed by atoms with Gasteiger partial charge in [0.1, 0.15) is 17.6 Å². The summed E-state index contributed by atoms with van der Waals surface area (Å²) in [6.07, 6.45) is 1.71. The van der Waals surface area contributed by atoms with E-state index < -0.39 is 35.4 Å². The number of benzene rings is 1. The Labute approximate surface area is 211 Å². The molecule has 0 bridgehead atoms. The minimum Gasteiger partial charge on any atom is -0.341 e. The van der Waals surface area contributed by atoms with Crippen LogP contribution < -0.4 is 5.32 Å². The summed E-state index contributed by atoms with van der Waals surface area (Å²) >= 11 is 0. The maximum atomic E-state index is 15.7. The molecular formula is C26H25F2N5O4. The van der Waals surface area contributed by atoms with Crippen LogP contribution in [0, 0.1) is 17.0 Å². The predicted molar refractivity (Wildman–Crippen MR) is 126 cm³/mol. The van der Waals surface area contributed by atoms with Crippen molar-refractivity contribution in [3.8, 4) is 11.3 Å². The Bertz CT molecular complexity index is 1360. The van der Waals surface area contributed by atoms with Gasteiger partial charge in [-0.1, -0.05) is 0 Å². The molecule has 4 aliphatic rings. The summed E-state index contributed by atoms with van der Waals surface area (Å²) in [5.41, 5.74) is 0.504. The molecule has 3 fully saturated rings. The van der Waals surface area contributed by atoms with Crippen molar-refractivity contribution in [3.05, 3.63) is 52.7 Å². The zero-order valence-electron chi connectivity index (χ0n) is 20.2. The Hall–Kier alpha value is -3.73. The smallest absolute Gasteiger partial charge is 0.255 e. The van der Waals surface area contributed by atoms with Crippen molar-refractivity contribution in [2.75, 3.05) is 26.2 Å². The predicted octanol–water partition coefficient (Wildman–Crippen LogP) is 1.45. The van der Waals surface area contributed by atoms with Crippen LogP contribution in [0.3, 0.4) is 0 Å². The Morgan fingerprint density at radius 1 is 1.08 bits per heavy atom. The molecule has 1 unspecified atom stereocenters. The highest BCUT2D eigenvalue weighted by Crippen LogP contribution is 2.41. The molecule has 2 aromatic rings. The number of amides is 4. The largest absolute Gasteiger partial charge is 0.341 e. The highest BCUT2D eigenvalue weighted by Gasteiger charge is 2.52. The number of carbonyl (C=O) groups excluding carboxylic acids is 4. The topological polar surface area (TPSA) is 103 Å². The fraction of sp³-hybridized carbons (Fsp3) is 0.423. The summed E-state index contributed by atoms with van der Waals surface area (Å²) in [5, 5.41) is 2.22. The van der Waals surface area contributed by atoms with E-state index in [0.29, 0.717) is 12.1 Å². The van der Waals surface area contributed by atoms with Crippen molar-refractivity contribution in [3.63, 3.8) is 0 Å². The number of halogens is 2.